The Bertz CT molecular complexity index is 1030. The Hall–Kier alpha value is -3.22. The second-order valence-corrected chi connectivity index (χ2v) is 6.56. The fraction of sp³-hybridized carbons (Fsp3) is 0.200. The van der Waals surface area contributed by atoms with Crippen LogP contribution in [0.4, 0.5) is 18.9 Å². The molecule has 1 aromatic carbocycles. The summed E-state index contributed by atoms with van der Waals surface area (Å²) in [5, 5.41) is 17.7. The van der Waals surface area contributed by atoms with Crippen molar-refractivity contribution in [3.05, 3.63) is 50.7 Å². The summed E-state index contributed by atoms with van der Waals surface area (Å²) in [5.74, 6) is -2.79. The maximum atomic E-state index is 13.3. The number of aromatic nitrogens is 3. The number of ketones is 1. The first-order valence-electron chi connectivity index (χ1n) is 7.54. The van der Waals surface area contributed by atoms with Crippen LogP contribution in [0.25, 0.3) is 5.70 Å². The van der Waals surface area contributed by atoms with Crippen LogP contribution < -0.4 is 5.01 Å². The van der Waals surface area contributed by atoms with Gasteiger partial charge in [0, 0.05) is 24.6 Å². The van der Waals surface area contributed by atoms with Crippen LogP contribution in [-0.4, -0.2) is 31.5 Å². The predicted molar refractivity (Wildman–Crippen MR) is 90.5 cm³/mol. The molecule has 0 unspecified atom stereocenters. The summed E-state index contributed by atoms with van der Waals surface area (Å²) in [7, 11) is 0. The highest BCUT2D eigenvalue weighted by atomic mass is 32.2. The SMILES string of the molecule is CC(=O)C1=C(c2ccc([N+](=O)[O-])cc2)N(C(C)=O)n2c(nnc2C(F)(F)F)S1. The van der Waals surface area contributed by atoms with E-state index in [2.05, 4.69) is 10.2 Å². The molecule has 0 N–H and O–H groups in total. The second kappa shape index (κ2) is 6.74. The molecule has 3 rings (SSSR count). The Kier molecular flexibility index (Phi) is 4.71. The number of Topliss-reactive ketones (excluding diaryl/α,β-unsaturated/α-hetero) is 1. The predicted octanol–water partition coefficient (Wildman–Crippen LogP) is 2.75. The fourth-order valence-electron chi connectivity index (χ4n) is 2.55. The lowest BCUT2D eigenvalue weighted by Crippen LogP contribution is -2.43. The summed E-state index contributed by atoms with van der Waals surface area (Å²) in [6.07, 6.45) is -4.91. The Balaban J connectivity index is 2.27. The van der Waals surface area contributed by atoms with Gasteiger partial charge >= 0.3 is 6.18 Å². The van der Waals surface area contributed by atoms with E-state index >= 15 is 0 Å². The van der Waals surface area contributed by atoms with Crippen LogP contribution >= 0.6 is 11.8 Å². The van der Waals surface area contributed by atoms with E-state index < -0.39 is 28.6 Å². The number of halogens is 3. The molecule has 2 heterocycles. The first kappa shape index (κ1) is 19.5. The molecule has 0 fully saturated rings. The molecule has 2 aromatic rings. The van der Waals surface area contributed by atoms with Gasteiger partial charge in [-0.2, -0.15) is 17.8 Å². The molecular weight excluding hydrogens is 403 g/mol. The van der Waals surface area contributed by atoms with E-state index in [1.54, 1.807) is 0 Å². The lowest BCUT2D eigenvalue weighted by Gasteiger charge is -2.32. The lowest BCUT2D eigenvalue weighted by molar-refractivity contribution is -0.384. The van der Waals surface area contributed by atoms with E-state index in [4.69, 9.17) is 0 Å². The highest BCUT2D eigenvalue weighted by molar-refractivity contribution is 8.04. The van der Waals surface area contributed by atoms with Crippen molar-refractivity contribution in [3.63, 3.8) is 0 Å². The number of benzene rings is 1. The molecule has 0 saturated carbocycles. The third-order valence-electron chi connectivity index (χ3n) is 3.66. The highest BCUT2D eigenvalue weighted by Gasteiger charge is 2.44. The molecule has 0 radical (unpaired) electrons. The quantitative estimate of drug-likeness (QED) is 0.562. The molecule has 28 heavy (non-hydrogen) atoms. The molecule has 1 amide bonds. The van der Waals surface area contributed by atoms with Crippen molar-refractivity contribution in [1.29, 1.82) is 0 Å². The van der Waals surface area contributed by atoms with Gasteiger partial charge in [0.15, 0.2) is 5.78 Å². The zero-order chi connectivity index (χ0) is 20.8. The maximum Gasteiger partial charge on any atom is 0.453 e. The smallest absolute Gasteiger partial charge is 0.294 e. The Morgan fingerprint density at radius 1 is 1.14 bits per heavy atom. The van der Waals surface area contributed by atoms with Gasteiger partial charge in [-0.05, 0) is 30.8 Å². The number of carbonyl (C=O) groups is 2. The maximum absolute atomic E-state index is 13.3. The summed E-state index contributed by atoms with van der Waals surface area (Å²) in [5.41, 5.74) is -0.254. The molecule has 1 aliphatic heterocycles. The Labute approximate surface area is 159 Å². The third-order valence-corrected chi connectivity index (χ3v) is 4.78. The second-order valence-electron chi connectivity index (χ2n) is 5.59. The summed E-state index contributed by atoms with van der Waals surface area (Å²) in [4.78, 5) is 34.6. The van der Waals surface area contributed by atoms with E-state index in [0.717, 1.165) is 19.1 Å². The van der Waals surface area contributed by atoms with Gasteiger partial charge in [-0.1, -0.05) is 0 Å². The molecule has 0 aliphatic carbocycles. The number of nitro groups is 1. The number of rotatable bonds is 3. The van der Waals surface area contributed by atoms with Crippen LogP contribution in [0.15, 0.2) is 34.3 Å². The van der Waals surface area contributed by atoms with Crippen molar-refractivity contribution in [1.82, 2.24) is 14.9 Å². The van der Waals surface area contributed by atoms with Gasteiger partial charge in [-0.25, -0.2) is 5.01 Å². The van der Waals surface area contributed by atoms with Crippen molar-refractivity contribution < 1.29 is 27.7 Å². The standard InChI is InChI=1S/C15H10F3N5O4S/c1-7(24)12-11(9-3-5-10(6-4-9)23(26)27)21(8(2)25)22-13(15(16,17)18)19-20-14(22)28-12/h3-6H,1-2H3. The van der Waals surface area contributed by atoms with Gasteiger partial charge in [-0.15, -0.1) is 10.2 Å². The molecule has 9 nitrogen and oxygen atoms in total. The van der Waals surface area contributed by atoms with Crippen LogP contribution in [0.5, 0.6) is 0 Å². The van der Waals surface area contributed by atoms with E-state index in [1.165, 1.54) is 19.1 Å². The Morgan fingerprint density at radius 3 is 2.21 bits per heavy atom. The van der Waals surface area contributed by atoms with Crippen LogP contribution in [0, 0.1) is 10.1 Å². The van der Waals surface area contributed by atoms with Crippen molar-refractivity contribution in [2.24, 2.45) is 0 Å². The number of alkyl halides is 3. The Morgan fingerprint density at radius 2 is 1.75 bits per heavy atom. The molecular formula is C15H10F3N5O4S. The van der Waals surface area contributed by atoms with Gasteiger partial charge < -0.3 is 0 Å². The first-order valence-corrected chi connectivity index (χ1v) is 8.35. The largest absolute Gasteiger partial charge is 0.453 e. The average Bonchev–Trinajstić information content (AvgIpc) is 3.03. The molecule has 0 saturated heterocycles. The number of allylic oxidation sites excluding steroid dienone is 1. The van der Waals surface area contributed by atoms with Crippen LogP contribution in [0.1, 0.15) is 25.2 Å². The third kappa shape index (κ3) is 3.24. The number of non-ortho nitro benzene ring substituents is 1. The normalized spacial score (nSPS) is 14.1. The summed E-state index contributed by atoms with van der Waals surface area (Å²) >= 11 is 0.628. The summed E-state index contributed by atoms with van der Waals surface area (Å²) in [6.45, 7) is 2.20. The van der Waals surface area contributed by atoms with Crippen LogP contribution in [-0.2, 0) is 15.8 Å². The molecule has 0 bridgehead atoms. The van der Waals surface area contributed by atoms with Crippen molar-refractivity contribution in [2.45, 2.75) is 25.2 Å². The van der Waals surface area contributed by atoms with Gasteiger partial charge in [0.25, 0.3) is 11.5 Å². The van der Waals surface area contributed by atoms with Crippen molar-refractivity contribution in [2.75, 3.05) is 5.01 Å². The molecule has 146 valence electrons. The lowest BCUT2D eigenvalue weighted by atomic mass is 10.1. The number of amides is 1. The van der Waals surface area contributed by atoms with Crippen LogP contribution in [0.3, 0.4) is 0 Å². The average molecular weight is 413 g/mol. The number of carbonyl (C=O) groups excluding carboxylic acids is 2. The van der Waals surface area contributed by atoms with E-state index in [0.29, 0.717) is 21.4 Å². The number of hydrogen-bond donors (Lipinski definition) is 0. The van der Waals surface area contributed by atoms with Gasteiger partial charge in [0.2, 0.25) is 11.1 Å². The molecule has 1 aromatic heterocycles. The van der Waals surface area contributed by atoms with E-state index in [9.17, 15) is 32.9 Å². The molecule has 1 aliphatic rings. The van der Waals surface area contributed by atoms with Crippen molar-refractivity contribution in [3.8, 4) is 0 Å². The van der Waals surface area contributed by atoms with E-state index in [1.807, 2.05) is 0 Å². The summed E-state index contributed by atoms with van der Waals surface area (Å²) in [6, 6.07) is 4.73. The zero-order valence-electron chi connectivity index (χ0n) is 14.2. The minimum atomic E-state index is -4.91. The number of thioether (sulfide) groups is 1. The highest BCUT2D eigenvalue weighted by Crippen LogP contribution is 2.42. The minimum Gasteiger partial charge on any atom is -0.294 e. The summed E-state index contributed by atoms with van der Waals surface area (Å²) < 4.78 is 40.5. The number of hydrogen-bond acceptors (Lipinski definition) is 7. The monoisotopic (exact) mass is 413 g/mol. The van der Waals surface area contributed by atoms with Gasteiger partial charge in [0.05, 0.1) is 15.5 Å². The molecule has 0 atom stereocenters. The molecule has 13 heteroatoms. The number of fused-ring (bicyclic) bond motifs is 1. The van der Waals surface area contributed by atoms with Gasteiger partial charge in [0.1, 0.15) is 0 Å². The number of nitrogens with zero attached hydrogens (tertiary/aromatic N) is 5. The van der Waals surface area contributed by atoms with Crippen molar-refractivity contribution >= 4 is 34.8 Å². The van der Waals surface area contributed by atoms with Gasteiger partial charge in [-0.3, -0.25) is 19.7 Å². The minimum absolute atomic E-state index is 0.0438. The molecule has 0 spiro atoms. The topological polar surface area (TPSA) is 111 Å². The fourth-order valence-corrected chi connectivity index (χ4v) is 3.52. The number of nitro benzene ring substituents is 1. The van der Waals surface area contributed by atoms with E-state index in [-0.39, 0.29) is 27.0 Å². The zero-order valence-corrected chi connectivity index (χ0v) is 15.0. The van der Waals surface area contributed by atoms with Crippen LogP contribution in [0.2, 0.25) is 0 Å². The first-order chi connectivity index (χ1) is 13.0.